The standard InChI is InChI=1S/C32H61N9O5S.C15H32N4O2.C14H19N3O5S.C7H15N3O.C6H11NO/c1-5-23(19-24(18-22(4)29(43)39-21(2)3)31(45)38-16-13-34-11-10-33)30(44)37-17-14-35-12-15-36-27(42)9-7-6-8-26-28-25(20-47-26)40-32(46)41-28;1-5-13(10-12(4)14(20)19-11(2)3)15(21)18-9-8-17-7-6-16;18-10-5-6-11(19)17(10)22-12(20)4-2-1-3-9-13-8(7-23-9)15-14(21)16-13;1-2-7(11)10-6-5-9-4-3-8;1-4-6(8)7-5(2)3/h21-26,28,34-35H,5-20,33H2,1-4H3,(H,36,42)(H,37,44)(H,38,45)(H,39,43)(H2,40,41,46);11-13,17H,5-10,16H2,1-4H3,(H,18,21)(H,19,20);8-9,13H,1-7H2,(H2,15,16,21);2,9H,1,3-6,8H2,(H,10,11);4-5H,1H2,2-3H3,(H,7,8)/t22?,23?,24?,25-,26?,28-;;8-,9?,13-;;/m1.1../s1. The maximum atomic E-state index is 13.1. The minimum absolute atomic E-state index is 0.00649. The minimum atomic E-state index is -0.554. The third kappa shape index (κ3) is 45.4. The van der Waals surface area contributed by atoms with Crippen molar-refractivity contribution in [1.82, 2.24) is 90.1 Å². The van der Waals surface area contributed by atoms with Crippen LogP contribution in [0, 0.1) is 29.6 Å². The third-order valence-corrected chi connectivity index (χ3v) is 20.8. The van der Waals surface area contributed by atoms with Crippen molar-refractivity contribution in [3.63, 3.8) is 0 Å². The van der Waals surface area contributed by atoms with Crippen LogP contribution in [-0.4, -0.2) is 251 Å². The Morgan fingerprint density at radius 2 is 0.836 bits per heavy atom. The number of carbonyl (C=O) groups excluding carboxylic acids is 13. The molecule has 0 aromatic heterocycles. The largest absolute Gasteiger partial charge is 0.355 e. The van der Waals surface area contributed by atoms with Crippen LogP contribution in [0.15, 0.2) is 25.3 Å². The average molecular weight is 1600 g/mol. The number of nitrogens with zero attached hydrogens (tertiary/aromatic N) is 1. The molecule has 5 rings (SSSR count). The molecular formula is C74H138N20O14S2. The number of nitrogens with one attached hydrogen (secondary N) is 16. The van der Waals surface area contributed by atoms with Crippen molar-refractivity contribution in [3.8, 4) is 0 Å². The fourth-order valence-electron chi connectivity index (χ4n) is 12.0. The van der Waals surface area contributed by atoms with Gasteiger partial charge in [0.1, 0.15) is 0 Å². The van der Waals surface area contributed by atoms with Crippen molar-refractivity contribution in [3.05, 3.63) is 25.3 Å². The number of hydroxylamine groups is 2. The molecule has 5 fully saturated rings. The predicted molar refractivity (Wildman–Crippen MR) is 432 cm³/mol. The fourth-order valence-corrected chi connectivity index (χ4v) is 15.0. The number of nitrogens with two attached hydrogens (primary N) is 3. The normalized spacial score (nSPS) is 19.1. The average Bonchev–Trinajstić information content (AvgIpc) is 1.67. The molecule has 0 aromatic rings. The second-order valence-electron chi connectivity index (χ2n) is 28.5. The summed E-state index contributed by atoms with van der Waals surface area (Å²) in [6.07, 6.45) is 11.1. The van der Waals surface area contributed by atoms with Crippen LogP contribution in [0.25, 0.3) is 0 Å². The number of hydrogen-bond donors (Lipinski definition) is 19. The first-order valence-corrected chi connectivity index (χ1v) is 41.5. The molecule has 5 heterocycles. The highest BCUT2D eigenvalue weighted by Crippen LogP contribution is 2.34. The smallest absolute Gasteiger partial charge is 0.333 e. The van der Waals surface area contributed by atoms with Crippen molar-refractivity contribution in [2.75, 3.05) is 116 Å². The first kappa shape index (κ1) is 101. The quantitative estimate of drug-likeness (QED) is 0.0163. The topological polar surface area (TPSA) is 505 Å². The molecule has 7 unspecified atom stereocenters. The SMILES string of the molecule is C=CC(=O)NC(C)C.C=CC(=O)NCCNCCN.CCC(CC(C)C(=O)NC(C)C)C(=O)NCCNCCN.CCC(CC(CC(C)C(=O)NC(C)C)C(=O)NCCNCCN)C(=O)NCCNCCNC(=O)CCCCC1SC[C@H]2NC(=O)N[C@@H]12.O=C1N[C@@H]2CSC(CCCCC(=O)ON3C(=O)CCC3=O)[C@@H]2N1. The van der Waals surface area contributed by atoms with Gasteiger partial charge in [-0.3, -0.25) is 47.9 Å². The Hall–Kier alpha value is -7.19. The lowest BCUT2D eigenvalue weighted by molar-refractivity contribution is -0.197. The minimum Gasteiger partial charge on any atom is -0.355 e. The summed E-state index contributed by atoms with van der Waals surface area (Å²) in [5, 5.41) is 48.5. The van der Waals surface area contributed by atoms with Gasteiger partial charge in [0.05, 0.1) is 24.2 Å². The Kier molecular flexibility index (Phi) is 55.4. The molecule has 14 amide bonds. The van der Waals surface area contributed by atoms with E-state index in [-0.39, 0.29) is 145 Å². The first-order chi connectivity index (χ1) is 52.5. The van der Waals surface area contributed by atoms with Gasteiger partial charge in [-0.25, -0.2) is 14.4 Å². The first-order valence-electron chi connectivity index (χ1n) is 39.4. The number of unbranched alkanes of at least 4 members (excludes halogenated alkanes) is 2. The number of imide groups is 1. The molecule has 0 radical (unpaired) electrons. The highest BCUT2D eigenvalue weighted by Gasteiger charge is 2.44. The zero-order valence-corrected chi connectivity index (χ0v) is 68.8. The van der Waals surface area contributed by atoms with Gasteiger partial charge in [-0.05, 0) is 111 Å². The number of amides is 14. The fraction of sp³-hybridized carbons (Fsp3) is 0.770. The van der Waals surface area contributed by atoms with E-state index in [0.29, 0.717) is 139 Å². The van der Waals surface area contributed by atoms with Crippen LogP contribution in [0.3, 0.4) is 0 Å². The maximum absolute atomic E-state index is 13.1. The molecule has 0 saturated carbocycles. The lowest BCUT2D eigenvalue weighted by Crippen LogP contribution is -2.42. The molecule has 11 atom stereocenters. The zero-order chi connectivity index (χ0) is 82.3. The highest BCUT2D eigenvalue weighted by atomic mass is 32.2. The third-order valence-electron chi connectivity index (χ3n) is 17.8. The molecule has 36 heteroatoms. The van der Waals surface area contributed by atoms with Crippen molar-refractivity contribution in [1.29, 1.82) is 0 Å². The van der Waals surface area contributed by atoms with Crippen LogP contribution in [-0.2, 0) is 57.6 Å². The van der Waals surface area contributed by atoms with Crippen molar-refractivity contribution >= 4 is 101 Å². The Morgan fingerprint density at radius 3 is 1.23 bits per heavy atom. The van der Waals surface area contributed by atoms with E-state index in [1.807, 2.05) is 92.8 Å². The molecule has 110 heavy (non-hydrogen) atoms. The summed E-state index contributed by atoms with van der Waals surface area (Å²) >= 11 is 3.72. The molecule has 0 spiro atoms. The van der Waals surface area contributed by atoms with Gasteiger partial charge < -0.3 is 107 Å². The second-order valence-corrected chi connectivity index (χ2v) is 31.0. The molecule has 22 N–H and O–H groups in total. The summed E-state index contributed by atoms with van der Waals surface area (Å²) in [6.45, 7) is 35.4. The Morgan fingerprint density at radius 1 is 0.464 bits per heavy atom. The van der Waals surface area contributed by atoms with E-state index in [1.54, 1.807) is 0 Å². The lowest BCUT2D eigenvalue weighted by atomic mass is 9.85. The van der Waals surface area contributed by atoms with Gasteiger partial charge in [-0.1, -0.05) is 53.7 Å². The summed E-state index contributed by atoms with van der Waals surface area (Å²) in [7, 11) is 0. The summed E-state index contributed by atoms with van der Waals surface area (Å²) in [5.74, 6) is -1.63. The van der Waals surface area contributed by atoms with E-state index in [4.69, 9.17) is 22.0 Å². The van der Waals surface area contributed by atoms with E-state index in [9.17, 15) is 62.3 Å². The van der Waals surface area contributed by atoms with Gasteiger partial charge in [-0.15, -0.1) is 5.06 Å². The summed E-state index contributed by atoms with van der Waals surface area (Å²) in [5.41, 5.74) is 16.1. The second kappa shape index (κ2) is 60.5. The van der Waals surface area contributed by atoms with Crippen molar-refractivity contribution in [2.45, 2.75) is 218 Å². The van der Waals surface area contributed by atoms with Crippen LogP contribution in [0.2, 0.25) is 0 Å². The monoisotopic (exact) mass is 1600 g/mol. The van der Waals surface area contributed by atoms with Crippen LogP contribution in [0.4, 0.5) is 9.59 Å². The van der Waals surface area contributed by atoms with Gasteiger partial charge >= 0.3 is 18.0 Å². The van der Waals surface area contributed by atoms with Crippen LogP contribution < -0.4 is 102 Å². The molecule has 0 bridgehead atoms. The summed E-state index contributed by atoms with van der Waals surface area (Å²) in [4.78, 5) is 158. The van der Waals surface area contributed by atoms with Crippen LogP contribution in [0.5, 0.6) is 0 Å². The molecule has 5 aliphatic rings. The summed E-state index contributed by atoms with van der Waals surface area (Å²) < 4.78 is 0. The Bertz CT molecular complexity index is 2780. The molecule has 0 aromatic carbocycles. The zero-order valence-electron chi connectivity index (χ0n) is 67.2. The lowest BCUT2D eigenvalue weighted by Gasteiger charge is -2.25. The number of fused-ring (bicyclic) bond motifs is 2. The van der Waals surface area contributed by atoms with E-state index >= 15 is 0 Å². The van der Waals surface area contributed by atoms with Gasteiger partial charge in [0, 0.05) is 200 Å². The number of urea groups is 2. The number of rotatable bonds is 50. The highest BCUT2D eigenvalue weighted by molar-refractivity contribution is 8.00. The number of thioether (sulfide) groups is 2. The number of carbonyl (C=O) groups is 13. The molecule has 34 nitrogen and oxygen atoms in total. The van der Waals surface area contributed by atoms with Gasteiger partial charge in [-0.2, -0.15) is 23.5 Å². The van der Waals surface area contributed by atoms with E-state index < -0.39 is 23.7 Å². The van der Waals surface area contributed by atoms with E-state index in [2.05, 4.69) is 98.2 Å². The molecular weight excluding hydrogens is 1460 g/mol. The van der Waals surface area contributed by atoms with Gasteiger partial charge in [0.2, 0.25) is 47.3 Å². The molecule has 5 aliphatic heterocycles. The van der Waals surface area contributed by atoms with Crippen LogP contribution in [0.1, 0.15) is 166 Å². The van der Waals surface area contributed by atoms with Crippen molar-refractivity contribution < 1.29 is 67.2 Å². The Balaban J connectivity index is 0.000000794. The van der Waals surface area contributed by atoms with Gasteiger partial charge in [0.15, 0.2) is 0 Å². The Labute approximate surface area is 661 Å². The molecule has 630 valence electrons. The number of hydrogen-bond acceptors (Lipinski definition) is 23. The van der Waals surface area contributed by atoms with Gasteiger partial charge in [0.25, 0.3) is 11.8 Å². The molecule has 0 aliphatic carbocycles. The van der Waals surface area contributed by atoms with E-state index in [1.165, 1.54) is 12.2 Å². The van der Waals surface area contributed by atoms with Crippen molar-refractivity contribution in [2.24, 2.45) is 46.8 Å². The van der Waals surface area contributed by atoms with E-state index in [0.717, 1.165) is 69.7 Å². The summed E-state index contributed by atoms with van der Waals surface area (Å²) in [6, 6.07) is 0.961. The predicted octanol–water partition coefficient (Wildman–Crippen LogP) is -0.137. The van der Waals surface area contributed by atoms with Crippen LogP contribution >= 0.6 is 23.5 Å². The maximum Gasteiger partial charge on any atom is 0.333 e. The molecule has 5 saturated heterocycles.